The van der Waals surface area contributed by atoms with Crippen molar-refractivity contribution in [3.63, 3.8) is 0 Å². The molecule has 0 unspecified atom stereocenters. The van der Waals surface area contributed by atoms with E-state index in [1.54, 1.807) is 0 Å². The maximum atomic E-state index is 7.74. The fourth-order valence-corrected chi connectivity index (χ4v) is 2.15. The van der Waals surface area contributed by atoms with Crippen LogP contribution in [0.25, 0.3) is 0 Å². The van der Waals surface area contributed by atoms with E-state index in [0.717, 1.165) is 36.2 Å². The van der Waals surface area contributed by atoms with E-state index in [-0.39, 0.29) is 0 Å². The second kappa shape index (κ2) is 4.13. The van der Waals surface area contributed by atoms with Crippen molar-refractivity contribution in [3.8, 4) is 0 Å². The third kappa shape index (κ3) is 1.98. The molecule has 0 saturated carbocycles. The van der Waals surface area contributed by atoms with Crippen LogP contribution in [0.5, 0.6) is 0 Å². The summed E-state index contributed by atoms with van der Waals surface area (Å²) >= 11 is 3.53. The number of hydrogen-bond acceptors (Lipinski definition) is 1. The maximum absolute atomic E-state index is 7.74. The average Bonchev–Trinajstić information content (AvgIpc) is 2.56. The Hall–Kier alpha value is -0.830. The zero-order valence-electron chi connectivity index (χ0n) is 7.96. The van der Waals surface area contributed by atoms with E-state index in [1.165, 1.54) is 5.56 Å². The first kappa shape index (κ1) is 9.71. The molecule has 1 aliphatic heterocycles. The summed E-state index contributed by atoms with van der Waals surface area (Å²) in [6.45, 7) is 1.89. The smallest absolute Gasteiger partial charge is 0.0961 e. The van der Waals surface area contributed by atoms with Gasteiger partial charge in [-0.05, 0) is 18.1 Å². The number of nitrogens with one attached hydrogen (secondary N) is 1. The monoisotopic (exact) mass is 252 g/mol. The summed E-state index contributed by atoms with van der Waals surface area (Å²) in [6, 6.07) is 8.22. The SMILES string of the molecule is N=C1CCCN1Cc1ccccc1Br. The molecule has 0 atom stereocenters. The molecular weight excluding hydrogens is 240 g/mol. The number of halogens is 1. The van der Waals surface area contributed by atoms with Gasteiger partial charge in [0.25, 0.3) is 0 Å². The van der Waals surface area contributed by atoms with Crippen LogP contribution < -0.4 is 0 Å². The molecule has 14 heavy (non-hydrogen) atoms. The molecule has 0 aromatic heterocycles. The third-order valence-corrected chi connectivity index (χ3v) is 3.32. The first-order valence-electron chi connectivity index (χ1n) is 4.83. The molecule has 2 rings (SSSR count). The summed E-state index contributed by atoms with van der Waals surface area (Å²) < 4.78 is 1.14. The Balaban J connectivity index is 2.10. The molecule has 1 saturated heterocycles. The first-order valence-corrected chi connectivity index (χ1v) is 5.62. The molecule has 1 heterocycles. The van der Waals surface area contributed by atoms with Crippen LogP contribution in [0, 0.1) is 5.41 Å². The first-order chi connectivity index (χ1) is 6.77. The Morgan fingerprint density at radius 3 is 2.79 bits per heavy atom. The predicted octanol–water partition coefficient (Wildman–Crippen LogP) is 3.02. The predicted molar refractivity (Wildman–Crippen MR) is 61.5 cm³/mol. The molecule has 1 aromatic rings. The van der Waals surface area contributed by atoms with Crippen LogP contribution in [0.15, 0.2) is 28.7 Å². The minimum Gasteiger partial charge on any atom is -0.356 e. The minimum atomic E-state index is 0.778. The van der Waals surface area contributed by atoms with Crippen molar-refractivity contribution >= 4 is 21.8 Å². The third-order valence-electron chi connectivity index (χ3n) is 2.54. The molecular formula is C11H13BrN2. The topological polar surface area (TPSA) is 27.1 Å². The molecule has 1 aliphatic rings. The van der Waals surface area contributed by atoms with Crippen molar-refractivity contribution in [2.24, 2.45) is 0 Å². The van der Waals surface area contributed by atoms with Crippen LogP contribution in [0.2, 0.25) is 0 Å². The van der Waals surface area contributed by atoms with Crippen LogP contribution in [0.3, 0.4) is 0 Å². The van der Waals surface area contributed by atoms with Gasteiger partial charge >= 0.3 is 0 Å². The number of nitrogens with zero attached hydrogens (tertiary/aromatic N) is 1. The van der Waals surface area contributed by atoms with Gasteiger partial charge in [-0.2, -0.15) is 0 Å². The highest BCUT2D eigenvalue weighted by atomic mass is 79.9. The molecule has 0 radical (unpaired) electrons. The Morgan fingerprint density at radius 2 is 2.14 bits per heavy atom. The van der Waals surface area contributed by atoms with Crippen molar-refractivity contribution in [2.45, 2.75) is 19.4 Å². The number of rotatable bonds is 2. The second-order valence-corrected chi connectivity index (χ2v) is 4.42. The van der Waals surface area contributed by atoms with E-state index in [2.05, 4.69) is 33.0 Å². The van der Waals surface area contributed by atoms with Crippen molar-refractivity contribution in [1.82, 2.24) is 4.90 Å². The van der Waals surface area contributed by atoms with Gasteiger partial charge in [0.2, 0.25) is 0 Å². The molecule has 3 heteroatoms. The highest BCUT2D eigenvalue weighted by Gasteiger charge is 2.17. The van der Waals surface area contributed by atoms with Crippen LogP contribution >= 0.6 is 15.9 Å². The van der Waals surface area contributed by atoms with Gasteiger partial charge in [0.15, 0.2) is 0 Å². The van der Waals surface area contributed by atoms with Crippen LogP contribution in [0.1, 0.15) is 18.4 Å². The van der Waals surface area contributed by atoms with Crippen LogP contribution in [-0.4, -0.2) is 17.3 Å². The fraction of sp³-hybridized carbons (Fsp3) is 0.364. The Labute approximate surface area is 92.6 Å². The van der Waals surface area contributed by atoms with Gasteiger partial charge in [-0.25, -0.2) is 0 Å². The normalized spacial score (nSPS) is 16.4. The van der Waals surface area contributed by atoms with E-state index in [9.17, 15) is 0 Å². The van der Waals surface area contributed by atoms with Gasteiger partial charge in [-0.1, -0.05) is 34.1 Å². The summed E-state index contributed by atoms with van der Waals surface area (Å²) in [7, 11) is 0. The molecule has 0 spiro atoms. The quantitative estimate of drug-likeness (QED) is 0.861. The number of benzene rings is 1. The molecule has 2 nitrogen and oxygen atoms in total. The van der Waals surface area contributed by atoms with Crippen molar-refractivity contribution < 1.29 is 0 Å². The van der Waals surface area contributed by atoms with E-state index in [4.69, 9.17) is 5.41 Å². The van der Waals surface area contributed by atoms with E-state index in [1.807, 2.05) is 12.1 Å². The molecule has 1 aromatic carbocycles. The number of likely N-dealkylation sites (tertiary alicyclic amines) is 1. The van der Waals surface area contributed by atoms with Gasteiger partial charge in [0.05, 0.1) is 5.84 Å². The molecule has 0 bridgehead atoms. The summed E-state index contributed by atoms with van der Waals surface area (Å²) in [5.41, 5.74) is 1.26. The lowest BCUT2D eigenvalue weighted by Gasteiger charge is -2.18. The molecule has 1 fully saturated rings. The van der Waals surface area contributed by atoms with Crippen LogP contribution in [-0.2, 0) is 6.54 Å². The maximum Gasteiger partial charge on any atom is 0.0961 e. The zero-order chi connectivity index (χ0) is 9.97. The van der Waals surface area contributed by atoms with Crippen molar-refractivity contribution in [3.05, 3.63) is 34.3 Å². The van der Waals surface area contributed by atoms with Gasteiger partial charge in [0, 0.05) is 24.0 Å². The fourth-order valence-electron chi connectivity index (χ4n) is 1.74. The highest BCUT2D eigenvalue weighted by Crippen LogP contribution is 2.20. The molecule has 1 N–H and O–H groups in total. The lowest BCUT2D eigenvalue weighted by atomic mass is 10.2. The van der Waals surface area contributed by atoms with Crippen molar-refractivity contribution in [2.75, 3.05) is 6.54 Å². The van der Waals surface area contributed by atoms with Crippen molar-refractivity contribution in [1.29, 1.82) is 5.41 Å². The zero-order valence-corrected chi connectivity index (χ0v) is 9.55. The molecule has 0 amide bonds. The second-order valence-electron chi connectivity index (χ2n) is 3.56. The molecule has 74 valence electrons. The Kier molecular flexibility index (Phi) is 2.87. The number of amidine groups is 1. The standard InChI is InChI=1S/C11H13BrN2/c12-10-5-2-1-4-9(10)8-14-7-3-6-11(14)13/h1-2,4-5,13H,3,6-8H2. The van der Waals surface area contributed by atoms with Gasteiger partial charge in [0.1, 0.15) is 0 Å². The average molecular weight is 253 g/mol. The minimum absolute atomic E-state index is 0.778. The van der Waals surface area contributed by atoms with Gasteiger partial charge in [-0.15, -0.1) is 0 Å². The summed E-state index contributed by atoms with van der Waals surface area (Å²) in [5, 5.41) is 7.74. The largest absolute Gasteiger partial charge is 0.356 e. The Bertz CT molecular complexity index is 349. The van der Waals surface area contributed by atoms with E-state index < -0.39 is 0 Å². The van der Waals surface area contributed by atoms with Gasteiger partial charge in [-0.3, -0.25) is 5.41 Å². The van der Waals surface area contributed by atoms with E-state index in [0.29, 0.717) is 0 Å². The molecule has 0 aliphatic carbocycles. The summed E-state index contributed by atoms with van der Waals surface area (Å²) in [5.74, 6) is 0.778. The van der Waals surface area contributed by atoms with Crippen LogP contribution in [0.4, 0.5) is 0 Å². The lowest BCUT2D eigenvalue weighted by Crippen LogP contribution is -2.23. The van der Waals surface area contributed by atoms with Gasteiger partial charge < -0.3 is 4.90 Å². The lowest BCUT2D eigenvalue weighted by molar-refractivity contribution is 0.445. The highest BCUT2D eigenvalue weighted by molar-refractivity contribution is 9.10. The Morgan fingerprint density at radius 1 is 1.36 bits per heavy atom. The summed E-state index contributed by atoms with van der Waals surface area (Å²) in [6.07, 6.45) is 2.06. The summed E-state index contributed by atoms with van der Waals surface area (Å²) in [4.78, 5) is 2.14. The van der Waals surface area contributed by atoms with E-state index >= 15 is 0 Å². The number of hydrogen-bond donors (Lipinski definition) is 1.